The number of alkyl halides is 2. The fourth-order valence-corrected chi connectivity index (χ4v) is 3.94. The van der Waals surface area contributed by atoms with Gasteiger partial charge in [0.15, 0.2) is 6.61 Å². The minimum atomic E-state index is -2.63. The lowest BCUT2D eigenvalue weighted by Crippen LogP contribution is -2.27. The number of halogens is 2. The smallest absolute Gasteiger partial charge is 0.306 e. The average molecular weight is 490 g/mol. The Morgan fingerprint density at radius 2 is 1.88 bits per heavy atom. The zero-order valence-electron chi connectivity index (χ0n) is 18.6. The number of nitrogens with one attached hydrogen (secondary N) is 1. The highest BCUT2D eigenvalue weighted by molar-refractivity contribution is 7.99. The number of fused-ring (bicyclic) bond motifs is 1. The van der Waals surface area contributed by atoms with Crippen LogP contribution in [-0.2, 0) is 27.3 Å². The Labute approximate surface area is 199 Å². The van der Waals surface area contributed by atoms with Gasteiger partial charge in [-0.2, -0.15) is 8.78 Å². The summed E-state index contributed by atoms with van der Waals surface area (Å²) in [7, 11) is 0. The van der Waals surface area contributed by atoms with Gasteiger partial charge in [-0.25, -0.2) is 4.98 Å². The van der Waals surface area contributed by atoms with Gasteiger partial charge in [0.1, 0.15) is 5.69 Å². The van der Waals surface area contributed by atoms with Crippen molar-refractivity contribution in [3.8, 4) is 0 Å². The van der Waals surface area contributed by atoms with Crippen molar-refractivity contribution < 1.29 is 23.1 Å². The molecule has 0 aliphatic heterocycles. The number of unbranched alkanes of at least 4 members (excludes halogenated alkanes) is 1. The number of aryl methyl sites for hydroxylation is 2. The minimum Gasteiger partial charge on any atom is -0.456 e. The number of hydrogen-bond acceptors (Lipinski definition) is 6. The maximum atomic E-state index is 12.9. The minimum absolute atomic E-state index is 0.0735. The van der Waals surface area contributed by atoms with Crippen LogP contribution in [0.4, 0.5) is 14.5 Å². The van der Waals surface area contributed by atoms with Crippen molar-refractivity contribution in [1.82, 2.24) is 9.55 Å². The number of nitrogens with zero attached hydrogens (tertiary/aromatic N) is 2. The number of anilines is 1. The molecule has 2 aromatic carbocycles. The number of para-hydroxylation sites is 3. The van der Waals surface area contributed by atoms with Gasteiger partial charge in [0.05, 0.1) is 23.1 Å². The summed E-state index contributed by atoms with van der Waals surface area (Å²) < 4.78 is 32.0. The summed E-state index contributed by atoms with van der Waals surface area (Å²) >= 11 is 0.311. The number of carbonyl (C=O) groups excluding carboxylic acids is 2. The number of rotatable bonds is 11. The monoisotopic (exact) mass is 489 g/mol. The molecule has 0 bridgehead atoms. The second-order valence-corrected chi connectivity index (χ2v) is 8.47. The highest BCUT2D eigenvalue weighted by Gasteiger charge is 2.15. The molecule has 0 fully saturated rings. The number of amides is 1. The van der Waals surface area contributed by atoms with Crippen LogP contribution in [0.2, 0.25) is 0 Å². The number of benzene rings is 2. The molecule has 10 heteroatoms. The number of thioether (sulfide) groups is 1. The van der Waals surface area contributed by atoms with E-state index in [1.165, 1.54) is 12.1 Å². The maximum Gasteiger partial charge on any atom is 0.306 e. The zero-order chi connectivity index (χ0) is 24.5. The molecule has 0 saturated carbocycles. The fourth-order valence-electron chi connectivity index (χ4n) is 3.34. The first-order chi connectivity index (χ1) is 16.4. The largest absolute Gasteiger partial charge is 0.456 e. The third-order valence-corrected chi connectivity index (χ3v) is 5.75. The van der Waals surface area contributed by atoms with E-state index in [9.17, 15) is 23.2 Å². The van der Waals surface area contributed by atoms with E-state index in [-0.39, 0.29) is 34.7 Å². The average Bonchev–Trinajstić information content (AvgIpc) is 2.82. The van der Waals surface area contributed by atoms with Gasteiger partial charge in [-0.15, -0.1) is 0 Å². The SMILES string of the molecule is CCCCn1c(=O)c(CCC(=O)OCC(=O)Nc2ccccc2SC(F)F)nc2ccccc21. The molecule has 3 rings (SSSR count). The van der Waals surface area contributed by atoms with Gasteiger partial charge in [-0.05, 0) is 30.7 Å². The Balaban J connectivity index is 1.59. The quantitative estimate of drug-likeness (QED) is 0.312. The second-order valence-electron chi connectivity index (χ2n) is 7.44. The lowest BCUT2D eigenvalue weighted by Gasteiger charge is -2.12. The molecule has 0 unspecified atom stereocenters. The molecule has 0 aliphatic carbocycles. The number of hydrogen-bond donors (Lipinski definition) is 1. The van der Waals surface area contributed by atoms with E-state index in [0.717, 1.165) is 18.4 Å². The molecule has 1 heterocycles. The zero-order valence-corrected chi connectivity index (χ0v) is 19.4. The molecule has 0 saturated heterocycles. The maximum absolute atomic E-state index is 12.9. The number of ether oxygens (including phenoxy) is 1. The van der Waals surface area contributed by atoms with Crippen LogP contribution in [-0.4, -0.2) is 33.8 Å². The van der Waals surface area contributed by atoms with Gasteiger partial charge >= 0.3 is 5.97 Å². The predicted octanol–water partition coefficient (Wildman–Crippen LogP) is 4.63. The van der Waals surface area contributed by atoms with Gasteiger partial charge < -0.3 is 14.6 Å². The lowest BCUT2D eigenvalue weighted by molar-refractivity contribution is -0.147. The van der Waals surface area contributed by atoms with Crippen molar-refractivity contribution in [3.63, 3.8) is 0 Å². The van der Waals surface area contributed by atoms with Gasteiger partial charge in [0.25, 0.3) is 17.2 Å². The Morgan fingerprint density at radius 1 is 1.15 bits per heavy atom. The van der Waals surface area contributed by atoms with E-state index in [0.29, 0.717) is 23.8 Å². The number of esters is 1. The van der Waals surface area contributed by atoms with E-state index in [1.54, 1.807) is 16.7 Å². The molecule has 3 aromatic rings. The van der Waals surface area contributed by atoms with E-state index in [2.05, 4.69) is 10.3 Å². The van der Waals surface area contributed by atoms with Crippen LogP contribution in [0.15, 0.2) is 58.2 Å². The summed E-state index contributed by atoms with van der Waals surface area (Å²) in [6, 6.07) is 13.5. The Kier molecular flexibility index (Phi) is 9.15. The molecule has 1 amide bonds. The van der Waals surface area contributed by atoms with Crippen molar-refractivity contribution in [2.75, 3.05) is 11.9 Å². The van der Waals surface area contributed by atoms with Gasteiger partial charge in [0, 0.05) is 17.9 Å². The van der Waals surface area contributed by atoms with Crippen molar-refractivity contribution >= 4 is 40.4 Å². The van der Waals surface area contributed by atoms with E-state index >= 15 is 0 Å². The molecular formula is C24H25F2N3O4S. The molecule has 0 radical (unpaired) electrons. The summed E-state index contributed by atoms with van der Waals surface area (Å²) in [5, 5.41) is 2.47. The first kappa shape index (κ1) is 25.4. The predicted molar refractivity (Wildman–Crippen MR) is 127 cm³/mol. The molecule has 1 N–H and O–H groups in total. The van der Waals surface area contributed by atoms with Crippen LogP contribution in [0, 0.1) is 0 Å². The van der Waals surface area contributed by atoms with Crippen LogP contribution in [0.1, 0.15) is 31.9 Å². The van der Waals surface area contributed by atoms with E-state index in [1.807, 2.05) is 31.2 Å². The fraction of sp³-hybridized carbons (Fsp3) is 0.333. The van der Waals surface area contributed by atoms with Gasteiger partial charge in [-0.3, -0.25) is 14.4 Å². The molecular weight excluding hydrogens is 464 g/mol. The molecule has 1 aromatic heterocycles. The highest BCUT2D eigenvalue weighted by Crippen LogP contribution is 2.31. The van der Waals surface area contributed by atoms with Crippen molar-refractivity contribution in [2.24, 2.45) is 0 Å². The van der Waals surface area contributed by atoms with Crippen molar-refractivity contribution in [2.45, 2.75) is 49.8 Å². The molecule has 0 atom stereocenters. The third kappa shape index (κ3) is 6.86. The van der Waals surface area contributed by atoms with Crippen LogP contribution >= 0.6 is 11.8 Å². The Hall–Kier alpha value is -3.27. The molecule has 7 nitrogen and oxygen atoms in total. The molecule has 0 aliphatic rings. The summed E-state index contributed by atoms with van der Waals surface area (Å²) in [6.45, 7) is 2.03. The first-order valence-electron chi connectivity index (χ1n) is 10.9. The highest BCUT2D eigenvalue weighted by atomic mass is 32.2. The van der Waals surface area contributed by atoms with Crippen molar-refractivity contribution in [3.05, 3.63) is 64.6 Å². The van der Waals surface area contributed by atoms with Gasteiger partial charge in [0.2, 0.25) is 0 Å². The van der Waals surface area contributed by atoms with Crippen LogP contribution in [0.25, 0.3) is 11.0 Å². The summed E-state index contributed by atoms with van der Waals surface area (Å²) in [5.41, 5.74) is 1.64. The third-order valence-electron chi connectivity index (χ3n) is 4.96. The van der Waals surface area contributed by atoms with Gasteiger partial charge in [-0.1, -0.05) is 49.4 Å². The van der Waals surface area contributed by atoms with E-state index < -0.39 is 24.2 Å². The normalized spacial score (nSPS) is 11.1. The summed E-state index contributed by atoms with van der Waals surface area (Å²) in [6.07, 6.45) is 1.71. The number of aromatic nitrogens is 2. The lowest BCUT2D eigenvalue weighted by atomic mass is 10.2. The molecule has 34 heavy (non-hydrogen) atoms. The van der Waals surface area contributed by atoms with Crippen LogP contribution < -0.4 is 10.9 Å². The van der Waals surface area contributed by atoms with E-state index in [4.69, 9.17) is 4.74 Å². The standard InChI is InChI=1S/C24H25F2N3O4S/c1-2-3-14-29-19-10-6-4-8-16(19)27-18(23(29)32)12-13-22(31)33-15-21(30)28-17-9-5-7-11-20(17)34-24(25)26/h4-11,24H,2-3,12-15H2,1H3,(H,28,30). The topological polar surface area (TPSA) is 90.3 Å². The first-order valence-corrected chi connectivity index (χ1v) is 11.7. The molecule has 180 valence electrons. The molecule has 0 spiro atoms. The summed E-state index contributed by atoms with van der Waals surface area (Å²) in [4.78, 5) is 41.8. The Bertz CT molecular complexity index is 1220. The second kappa shape index (κ2) is 12.3. The Morgan fingerprint density at radius 3 is 2.65 bits per heavy atom. The van der Waals surface area contributed by atoms with Crippen LogP contribution in [0.5, 0.6) is 0 Å². The van der Waals surface area contributed by atoms with Crippen LogP contribution in [0.3, 0.4) is 0 Å². The summed E-state index contributed by atoms with van der Waals surface area (Å²) in [5.74, 6) is -3.95. The number of carbonyl (C=O) groups is 2. The van der Waals surface area contributed by atoms with Crippen molar-refractivity contribution in [1.29, 1.82) is 0 Å².